The van der Waals surface area contributed by atoms with Gasteiger partial charge in [-0.2, -0.15) is 0 Å². The lowest BCUT2D eigenvalue weighted by atomic mass is 9.89. The Kier molecular flexibility index (Phi) is 35.6. The number of aliphatic imine (C=N–C) groups is 1. The number of piperazine rings is 1. The second-order valence-corrected chi connectivity index (χ2v) is 24.0. The zero-order valence-electron chi connectivity index (χ0n) is 43.8. The van der Waals surface area contributed by atoms with Crippen LogP contribution < -0.4 is 5.32 Å². The maximum absolute atomic E-state index is 4.18. The lowest BCUT2D eigenvalue weighted by Crippen LogP contribution is -2.44. The van der Waals surface area contributed by atoms with E-state index >= 15 is 0 Å². The molecule has 1 N–H and O–H groups in total. The molecule has 1 aromatic carbocycles. The molecule has 0 amide bonds. The summed E-state index contributed by atoms with van der Waals surface area (Å²) in [5, 5.41) is 3.41. The van der Waals surface area contributed by atoms with Gasteiger partial charge in [-0.15, -0.1) is 0 Å². The molecule has 0 aliphatic carbocycles. The molecule has 0 spiro atoms. The minimum Gasteiger partial charge on any atom is -0.361 e. The van der Waals surface area contributed by atoms with Gasteiger partial charge in [0.05, 0.1) is 12.9 Å². The quantitative estimate of drug-likeness (QED) is 0.168. The Morgan fingerprint density at radius 3 is 1.48 bits per heavy atom. The molecule has 6 heteroatoms. The fourth-order valence-corrected chi connectivity index (χ4v) is 6.44. The number of nitrogens with one attached hydrogen (secondary N) is 1. The standard InChI is InChI=1S/C12H26N2.C12H18.C10H20N2.C10H23N.C9H21N.CH4/c1-12(2,3)6-5-7-14-10-8-13(4)9-11-14;1-12(2,3)10-9-11-7-5-4-6-8-11;1-10(2,3)5-4-7-12-8-6-11-9-12;1-5-8-11-9-6-7-10(2,3)4;1-9(2,3)7-6-8-10(4)5;/h5-11H2,1-4H3;4-8H,9-10H2,1-3H3;9H,4-8H2,1-3H3;11H,5-9H2,1-4H3;6-8H2,1-5H3;1H4. The van der Waals surface area contributed by atoms with Crippen LogP contribution in [0.3, 0.4) is 0 Å². The van der Waals surface area contributed by atoms with Crippen LogP contribution in [0.4, 0.5) is 0 Å². The van der Waals surface area contributed by atoms with E-state index in [9.17, 15) is 0 Å². The molecule has 1 saturated heterocycles. The van der Waals surface area contributed by atoms with Crippen LogP contribution in [0.5, 0.6) is 0 Å². The summed E-state index contributed by atoms with van der Waals surface area (Å²) in [6, 6.07) is 10.7. The first-order chi connectivity index (χ1) is 27.1. The molecule has 0 bridgehead atoms. The molecule has 3 rings (SSSR count). The average molecular weight is 846 g/mol. The third-order valence-corrected chi connectivity index (χ3v) is 10.4. The molecule has 0 aromatic heterocycles. The van der Waals surface area contributed by atoms with Gasteiger partial charge in [-0.3, -0.25) is 4.99 Å². The Balaban J connectivity index is -0.000000677. The number of likely N-dealkylation sites (N-methyl/N-ethyl adjacent to an activating group) is 1. The van der Waals surface area contributed by atoms with Crippen molar-refractivity contribution in [3.8, 4) is 0 Å². The van der Waals surface area contributed by atoms with E-state index in [1.807, 2.05) is 6.34 Å². The molecule has 0 saturated carbocycles. The van der Waals surface area contributed by atoms with Crippen molar-refractivity contribution in [2.45, 2.75) is 189 Å². The Morgan fingerprint density at radius 1 is 0.583 bits per heavy atom. The second-order valence-electron chi connectivity index (χ2n) is 24.0. The van der Waals surface area contributed by atoms with Gasteiger partial charge in [0.25, 0.3) is 0 Å². The maximum atomic E-state index is 4.18. The number of rotatable bonds is 16. The molecule has 1 fully saturated rings. The molecular weight excluding hydrogens is 733 g/mol. The third kappa shape index (κ3) is 50.9. The topological polar surface area (TPSA) is 37.4 Å². The van der Waals surface area contributed by atoms with Gasteiger partial charge in [-0.25, -0.2) is 0 Å². The van der Waals surface area contributed by atoms with Gasteiger partial charge < -0.3 is 24.9 Å². The number of aryl methyl sites for hydroxylation is 1. The van der Waals surface area contributed by atoms with Crippen molar-refractivity contribution in [2.24, 2.45) is 32.1 Å². The number of nitrogens with zero attached hydrogens (tertiary/aromatic N) is 5. The van der Waals surface area contributed by atoms with Crippen LogP contribution in [0.25, 0.3) is 0 Å². The Labute approximate surface area is 379 Å². The van der Waals surface area contributed by atoms with Crippen molar-refractivity contribution in [1.82, 2.24) is 24.9 Å². The van der Waals surface area contributed by atoms with Crippen LogP contribution in [0.1, 0.15) is 188 Å². The lowest BCUT2D eigenvalue weighted by molar-refractivity contribution is 0.147. The van der Waals surface area contributed by atoms with Crippen LogP contribution in [-0.4, -0.2) is 119 Å². The van der Waals surface area contributed by atoms with Gasteiger partial charge in [0.15, 0.2) is 0 Å². The summed E-state index contributed by atoms with van der Waals surface area (Å²) in [7, 11) is 6.47. The monoisotopic (exact) mass is 845 g/mol. The number of hydrogen-bond acceptors (Lipinski definition) is 6. The van der Waals surface area contributed by atoms with E-state index in [-0.39, 0.29) is 7.43 Å². The minimum absolute atomic E-state index is 0. The predicted molar refractivity (Wildman–Crippen MR) is 276 cm³/mol. The minimum atomic E-state index is 0. The summed E-state index contributed by atoms with van der Waals surface area (Å²) in [4.78, 5) is 13.8. The maximum Gasteiger partial charge on any atom is 0.0851 e. The highest BCUT2D eigenvalue weighted by Gasteiger charge is 2.16. The van der Waals surface area contributed by atoms with Crippen LogP contribution in [0, 0.1) is 27.1 Å². The Hall–Kier alpha value is -1.47. The molecule has 1 aromatic rings. The number of hydrogen-bond donors (Lipinski definition) is 1. The molecule has 60 heavy (non-hydrogen) atoms. The molecule has 2 aliphatic rings. The fourth-order valence-electron chi connectivity index (χ4n) is 6.44. The normalized spacial score (nSPS) is 15.1. The number of benzene rings is 1. The van der Waals surface area contributed by atoms with E-state index in [1.165, 1.54) is 135 Å². The van der Waals surface area contributed by atoms with E-state index in [0.717, 1.165) is 13.1 Å². The Bertz CT molecular complexity index is 1090. The third-order valence-electron chi connectivity index (χ3n) is 10.4. The van der Waals surface area contributed by atoms with Crippen molar-refractivity contribution in [3.05, 3.63) is 35.9 Å². The van der Waals surface area contributed by atoms with Crippen LogP contribution in [0.15, 0.2) is 35.3 Å². The molecule has 0 radical (unpaired) electrons. The van der Waals surface area contributed by atoms with Gasteiger partial charge in [0, 0.05) is 39.3 Å². The van der Waals surface area contributed by atoms with Crippen molar-refractivity contribution in [2.75, 3.05) is 93.1 Å². The molecular formula is C54H112N6. The molecule has 2 heterocycles. The summed E-state index contributed by atoms with van der Waals surface area (Å²) < 4.78 is 0. The second kappa shape index (κ2) is 34.0. The first-order valence-corrected chi connectivity index (χ1v) is 24.2. The van der Waals surface area contributed by atoms with Gasteiger partial charge in [0.2, 0.25) is 0 Å². The highest BCUT2D eigenvalue weighted by molar-refractivity contribution is 5.56. The fraction of sp³-hybridized carbons (Fsp3) is 0.870. The molecule has 2 aliphatic heterocycles. The van der Waals surface area contributed by atoms with E-state index in [1.54, 1.807) is 0 Å². The Morgan fingerprint density at radius 2 is 1.05 bits per heavy atom. The zero-order chi connectivity index (χ0) is 45.6. The van der Waals surface area contributed by atoms with Crippen molar-refractivity contribution in [3.63, 3.8) is 0 Å². The predicted octanol–water partition coefficient (Wildman–Crippen LogP) is 13.7. The van der Waals surface area contributed by atoms with E-state index < -0.39 is 0 Å². The average Bonchev–Trinajstić information content (AvgIpc) is 3.61. The first kappa shape index (κ1) is 62.8. The van der Waals surface area contributed by atoms with E-state index in [4.69, 9.17) is 0 Å². The van der Waals surface area contributed by atoms with Gasteiger partial charge >= 0.3 is 0 Å². The molecule has 358 valence electrons. The zero-order valence-corrected chi connectivity index (χ0v) is 43.8. The van der Waals surface area contributed by atoms with Crippen molar-refractivity contribution < 1.29 is 0 Å². The highest BCUT2D eigenvalue weighted by Crippen LogP contribution is 2.23. The first-order valence-electron chi connectivity index (χ1n) is 24.2. The summed E-state index contributed by atoms with van der Waals surface area (Å²) in [5.41, 5.74) is 3.91. The highest BCUT2D eigenvalue weighted by atomic mass is 15.2. The van der Waals surface area contributed by atoms with Crippen molar-refractivity contribution >= 4 is 6.34 Å². The summed E-state index contributed by atoms with van der Waals surface area (Å²) in [6.45, 7) is 49.9. The molecule has 0 atom stereocenters. The van der Waals surface area contributed by atoms with Gasteiger partial charge in [-0.05, 0) is 151 Å². The van der Waals surface area contributed by atoms with Crippen molar-refractivity contribution in [1.29, 1.82) is 0 Å². The largest absolute Gasteiger partial charge is 0.361 e. The van der Waals surface area contributed by atoms with Gasteiger partial charge in [0.1, 0.15) is 0 Å². The van der Waals surface area contributed by atoms with E-state index in [2.05, 4.69) is 192 Å². The van der Waals surface area contributed by atoms with Crippen LogP contribution in [0.2, 0.25) is 0 Å². The van der Waals surface area contributed by atoms with Crippen LogP contribution >= 0.6 is 0 Å². The molecule has 6 nitrogen and oxygen atoms in total. The van der Waals surface area contributed by atoms with Gasteiger partial charge in [-0.1, -0.05) is 149 Å². The lowest BCUT2D eigenvalue weighted by Gasteiger charge is -2.32. The summed E-state index contributed by atoms with van der Waals surface area (Å²) >= 11 is 0. The summed E-state index contributed by atoms with van der Waals surface area (Å²) in [6.07, 6.45) is 16.3. The SMILES string of the molecule is C.CC(C)(C)CCCN1C=NCC1.CC(C)(C)CCc1ccccc1.CCCNCCCC(C)(C)C.CN(C)CCCC(C)(C)C.CN1CCN(CCCC(C)(C)C)CC1. The van der Waals surface area contributed by atoms with Crippen LogP contribution in [-0.2, 0) is 6.42 Å². The summed E-state index contributed by atoms with van der Waals surface area (Å²) in [5.74, 6) is 0. The molecule has 0 unspecified atom stereocenters. The smallest absolute Gasteiger partial charge is 0.0851 e. The van der Waals surface area contributed by atoms with E-state index in [0.29, 0.717) is 27.1 Å².